The summed E-state index contributed by atoms with van der Waals surface area (Å²) in [5.41, 5.74) is 5.55. The van der Waals surface area contributed by atoms with E-state index in [0.29, 0.717) is 0 Å². The Labute approximate surface area is 95.5 Å². The van der Waals surface area contributed by atoms with Crippen molar-refractivity contribution in [2.24, 2.45) is 0 Å². The number of anilines is 1. The predicted molar refractivity (Wildman–Crippen MR) is 60.6 cm³/mol. The quantitative estimate of drug-likeness (QED) is 0.897. The van der Waals surface area contributed by atoms with Gasteiger partial charge in [0.15, 0.2) is 5.82 Å². The van der Waals surface area contributed by atoms with Crippen LogP contribution in [0.4, 0.5) is 5.95 Å². The Morgan fingerprint density at radius 1 is 1.47 bits per heavy atom. The smallest absolute Gasteiger partial charge is 0.222 e. The van der Waals surface area contributed by atoms with E-state index in [1.807, 2.05) is 17.7 Å². The van der Waals surface area contributed by atoms with Gasteiger partial charge in [0.1, 0.15) is 5.82 Å². The van der Waals surface area contributed by atoms with Gasteiger partial charge in [-0.2, -0.15) is 4.98 Å². The molecule has 0 aliphatic rings. The summed E-state index contributed by atoms with van der Waals surface area (Å²) in [7, 11) is 0. The molecule has 15 heavy (non-hydrogen) atoms. The zero-order valence-electron chi connectivity index (χ0n) is 8.18. The summed E-state index contributed by atoms with van der Waals surface area (Å²) in [6.45, 7) is 2.04. The van der Waals surface area contributed by atoms with Crippen LogP contribution in [0.25, 0.3) is 5.82 Å². The highest BCUT2D eigenvalue weighted by molar-refractivity contribution is 9.10. The van der Waals surface area contributed by atoms with Gasteiger partial charge in [0.2, 0.25) is 5.95 Å². The van der Waals surface area contributed by atoms with E-state index in [2.05, 4.69) is 30.9 Å². The number of imidazole rings is 1. The number of halogens is 1. The van der Waals surface area contributed by atoms with Crippen LogP contribution in [0.2, 0.25) is 0 Å². The maximum Gasteiger partial charge on any atom is 0.222 e. The van der Waals surface area contributed by atoms with Crippen LogP contribution in [-0.2, 0) is 6.42 Å². The second-order valence-corrected chi connectivity index (χ2v) is 3.82. The first-order valence-corrected chi connectivity index (χ1v) is 5.32. The van der Waals surface area contributed by atoms with Crippen LogP contribution in [0, 0.1) is 0 Å². The topological polar surface area (TPSA) is 69.6 Å². The largest absolute Gasteiger partial charge is 0.368 e. The molecule has 2 aromatic heterocycles. The lowest BCUT2D eigenvalue weighted by molar-refractivity contribution is 0.859. The maximum absolute atomic E-state index is 5.55. The number of nitrogens with two attached hydrogens (primary N) is 1. The normalized spacial score (nSPS) is 10.5. The summed E-state index contributed by atoms with van der Waals surface area (Å²) in [6.07, 6.45) is 6.06. The lowest BCUT2D eigenvalue weighted by atomic mass is 10.4. The number of nitrogen functional groups attached to an aromatic ring is 1. The molecule has 0 aliphatic carbocycles. The third-order valence-electron chi connectivity index (χ3n) is 2.01. The number of nitrogens with zero attached hydrogens (tertiary/aromatic N) is 4. The summed E-state index contributed by atoms with van der Waals surface area (Å²) in [4.78, 5) is 12.3. The molecule has 2 aromatic rings. The summed E-state index contributed by atoms with van der Waals surface area (Å²) >= 11 is 3.39. The Kier molecular flexibility index (Phi) is 2.68. The number of aryl methyl sites for hydroxylation is 1. The summed E-state index contributed by atoms with van der Waals surface area (Å²) in [5, 5.41) is 0. The van der Waals surface area contributed by atoms with Gasteiger partial charge in [0.25, 0.3) is 0 Å². The molecule has 5 nitrogen and oxygen atoms in total. The van der Waals surface area contributed by atoms with Crippen LogP contribution in [0.5, 0.6) is 0 Å². The molecule has 0 amide bonds. The van der Waals surface area contributed by atoms with Gasteiger partial charge in [-0.25, -0.2) is 9.97 Å². The molecule has 2 heterocycles. The SMILES string of the molecule is CCc1nccn1-c1nc(N)ncc1Br. The molecule has 0 aromatic carbocycles. The van der Waals surface area contributed by atoms with Gasteiger partial charge in [0, 0.05) is 25.0 Å². The zero-order chi connectivity index (χ0) is 10.8. The fraction of sp³-hybridized carbons (Fsp3) is 0.222. The average molecular weight is 268 g/mol. The fourth-order valence-corrected chi connectivity index (χ4v) is 1.71. The molecule has 6 heteroatoms. The molecule has 0 aliphatic heterocycles. The average Bonchev–Trinajstić information content (AvgIpc) is 2.69. The fourth-order valence-electron chi connectivity index (χ4n) is 1.33. The minimum Gasteiger partial charge on any atom is -0.368 e. The first-order valence-electron chi connectivity index (χ1n) is 4.53. The lowest BCUT2D eigenvalue weighted by Gasteiger charge is -2.07. The van der Waals surface area contributed by atoms with Crippen molar-refractivity contribution in [2.45, 2.75) is 13.3 Å². The molecule has 0 saturated heterocycles. The Morgan fingerprint density at radius 3 is 3.00 bits per heavy atom. The van der Waals surface area contributed by atoms with E-state index in [1.165, 1.54) is 0 Å². The number of aromatic nitrogens is 4. The summed E-state index contributed by atoms with van der Waals surface area (Å²) in [6, 6.07) is 0. The van der Waals surface area contributed by atoms with Crippen molar-refractivity contribution in [3.05, 3.63) is 28.9 Å². The Hall–Kier alpha value is -1.43. The molecule has 0 unspecified atom stereocenters. The molecule has 0 fully saturated rings. The highest BCUT2D eigenvalue weighted by atomic mass is 79.9. The van der Waals surface area contributed by atoms with Gasteiger partial charge in [-0.05, 0) is 15.9 Å². The molecular weight excluding hydrogens is 258 g/mol. The van der Waals surface area contributed by atoms with Crippen molar-refractivity contribution in [1.82, 2.24) is 19.5 Å². The van der Waals surface area contributed by atoms with E-state index >= 15 is 0 Å². The van der Waals surface area contributed by atoms with E-state index in [4.69, 9.17) is 5.73 Å². The number of hydrogen-bond donors (Lipinski definition) is 1. The van der Waals surface area contributed by atoms with Crippen LogP contribution in [-0.4, -0.2) is 19.5 Å². The highest BCUT2D eigenvalue weighted by Gasteiger charge is 2.09. The van der Waals surface area contributed by atoms with E-state index in [-0.39, 0.29) is 5.95 Å². The third kappa shape index (κ3) is 1.85. The van der Waals surface area contributed by atoms with Crippen molar-refractivity contribution in [3.63, 3.8) is 0 Å². The lowest BCUT2D eigenvalue weighted by Crippen LogP contribution is -2.05. The van der Waals surface area contributed by atoms with Crippen molar-refractivity contribution in [2.75, 3.05) is 5.73 Å². The van der Waals surface area contributed by atoms with E-state index < -0.39 is 0 Å². The molecule has 2 rings (SSSR count). The zero-order valence-corrected chi connectivity index (χ0v) is 9.77. The van der Waals surface area contributed by atoms with Gasteiger partial charge in [-0.1, -0.05) is 6.92 Å². The molecule has 0 radical (unpaired) electrons. The number of rotatable bonds is 2. The molecular formula is C9H10BrN5. The summed E-state index contributed by atoms with van der Waals surface area (Å²) in [5.74, 6) is 1.91. The van der Waals surface area contributed by atoms with Crippen molar-refractivity contribution < 1.29 is 0 Å². The van der Waals surface area contributed by atoms with Gasteiger partial charge in [-0.15, -0.1) is 0 Å². The minimum absolute atomic E-state index is 0.254. The van der Waals surface area contributed by atoms with Crippen LogP contribution in [0.15, 0.2) is 23.1 Å². The van der Waals surface area contributed by atoms with Crippen LogP contribution >= 0.6 is 15.9 Å². The van der Waals surface area contributed by atoms with Crippen molar-refractivity contribution in [3.8, 4) is 5.82 Å². The summed E-state index contributed by atoms with van der Waals surface area (Å²) < 4.78 is 2.69. The van der Waals surface area contributed by atoms with Crippen LogP contribution < -0.4 is 5.73 Å². The van der Waals surface area contributed by atoms with Crippen LogP contribution in [0.1, 0.15) is 12.7 Å². The molecule has 78 valence electrons. The molecule has 2 N–H and O–H groups in total. The number of hydrogen-bond acceptors (Lipinski definition) is 4. The Bertz CT molecular complexity index is 479. The predicted octanol–water partition coefficient (Wildman–Crippen LogP) is 1.57. The van der Waals surface area contributed by atoms with Gasteiger partial charge < -0.3 is 5.73 Å². The van der Waals surface area contributed by atoms with Crippen molar-refractivity contribution in [1.29, 1.82) is 0 Å². The maximum atomic E-state index is 5.55. The molecule has 0 bridgehead atoms. The molecule has 0 spiro atoms. The first-order chi connectivity index (χ1) is 7.22. The highest BCUT2D eigenvalue weighted by Crippen LogP contribution is 2.19. The standard InChI is InChI=1S/C9H10BrN5/c1-2-7-12-3-4-15(7)8-6(10)5-13-9(11)14-8/h3-5H,2H2,1H3,(H2,11,13,14). The monoisotopic (exact) mass is 267 g/mol. The van der Waals surface area contributed by atoms with Crippen molar-refractivity contribution >= 4 is 21.9 Å². The molecule has 0 atom stereocenters. The second-order valence-electron chi connectivity index (χ2n) is 2.97. The van der Waals surface area contributed by atoms with Gasteiger partial charge >= 0.3 is 0 Å². The van der Waals surface area contributed by atoms with Crippen LogP contribution in [0.3, 0.4) is 0 Å². The van der Waals surface area contributed by atoms with E-state index in [1.54, 1.807) is 12.4 Å². The molecule has 0 saturated carbocycles. The van der Waals surface area contributed by atoms with E-state index in [0.717, 1.165) is 22.5 Å². The van der Waals surface area contributed by atoms with E-state index in [9.17, 15) is 0 Å². The van der Waals surface area contributed by atoms with Gasteiger partial charge in [-0.3, -0.25) is 4.57 Å². The Balaban J connectivity index is 2.58. The third-order valence-corrected chi connectivity index (χ3v) is 2.57. The minimum atomic E-state index is 0.254. The second kappa shape index (κ2) is 3.98. The van der Waals surface area contributed by atoms with Gasteiger partial charge in [0.05, 0.1) is 4.47 Å². The Morgan fingerprint density at radius 2 is 2.27 bits per heavy atom. The first kappa shape index (κ1) is 10.1.